The fraction of sp³-hybridized carbons (Fsp3) is 0.307. The number of carbonyl (C=O) groups excluding carboxylic acids is 17. The third kappa shape index (κ3) is 25.9. The van der Waals surface area contributed by atoms with E-state index < -0.39 is 88.6 Å². The van der Waals surface area contributed by atoms with Crippen LogP contribution in [0.5, 0.6) is 0 Å². The van der Waals surface area contributed by atoms with Crippen LogP contribution in [0.4, 0.5) is 68.8 Å². The van der Waals surface area contributed by atoms with Gasteiger partial charge in [0.05, 0.1) is 45.5 Å². The standard InChI is InChI=1S/C88H106N34O17/c1-48(123)94-65-44-121(14)75(104-65)87(138)101-55-34-63(117(10)42-55)83(134)108-67-46-119(12)73(106-67)85(136)92-25-20-71(126)95-49-28-59(113(6)36-49)79(130)99-53-32-61(115(8)40-53)81(132)97-51-30-57(111(4)38-51)77(128)90-22-16-18-70(125)103-66-45-122(15)76(105-66)88(139)102-56-35-64(118(11)43-56)84(135)109-68-47-120(13)74(107-68)86(137)93-26-21-72(127)96-50-29-60(114(7)37-50)80(131)100-54-33-62(116(9)41-54)82(133)98-52-31-58(112(5)39-52)78(129)91-24-19-69(124)89-23-17-27-110(2)3/h28-47H,16-27H2,1-15H3,(H,89,124)(H,90,128)(H,91,129)(H,92,136)(H,93,137)(H,94,123)(H,95,126)(H,96,127)(H,97,132)(H,98,133)(H,99,130)(H,100,131)(H,101,138)(H,102,139)(H,103,125)(H,108,134)(H,109,135). The van der Waals surface area contributed by atoms with E-state index in [-0.39, 0.29) is 196 Å². The van der Waals surface area contributed by atoms with E-state index in [0.717, 1.165) is 13.0 Å². The minimum atomic E-state index is -0.685. The van der Waals surface area contributed by atoms with Gasteiger partial charge in [0.1, 0.15) is 45.6 Å². The van der Waals surface area contributed by atoms with E-state index in [0.29, 0.717) is 17.9 Å². The van der Waals surface area contributed by atoms with Gasteiger partial charge in [0.15, 0.2) is 23.3 Å². The lowest BCUT2D eigenvalue weighted by molar-refractivity contribution is -0.121. The van der Waals surface area contributed by atoms with Crippen LogP contribution in [-0.2, 0) is 109 Å². The molecule has 0 saturated carbocycles. The molecule has 17 N–H and O–H groups in total. The van der Waals surface area contributed by atoms with Gasteiger partial charge in [-0.05, 0) is 82.0 Å². The Labute approximate surface area is 792 Å². The van der Waals surface area contributed by atoms with Crippen molar-refractivity contribution in [1.82, 2.24) is 106 Å². The molecule has 0 aliphatic carbocycles. The first-order valence-electron chi connectivity index (χ1n) is 43.1. The highest BCUT2D eigenvalue weighted by atomic mass is 16.2. The molecular weight excluding hydrogens is 1810 g/mol. The maximum Gasteiger partial charge on any atom is 0.291 e. The van der Waals surface area contributed by atoms with Gasteiger partial charge in [-0.25, -0.2) is 19.9 Å². The molecule has 0 atom stereocenters. The quantitative estimate of drug-likeness (QED) is 0.0245. The Hall–Kier alpha value is -18.0. The van der Waals surface area contributed by atoms with E-state index in [4.69, 9.17) is 0 Å². The van der Waals surface area contributed by atoms with Gasteiger partial charge in [-0.1, -0.05) is 0 Å². The molecule has 51 heteroatoms. The number of anilines is 12. The molecule has 0 aliphatic heterocycles. The summed E-state index contributed by atoms with van der Waals surface area (Å²) < 4.78 is 17.5. The number of amides is 17. The van der Waals surface area contributed by atoms with E-state index in [1.165, 1.54) is 189 Å². The fourth-order valence-electron chi connectivity index (χ4n) is 14.5. The summed E-state index contributed by atoms with van der Waals surface area (Å²) in [5.41, 5.74) is 3.47. The molecule has 12 aromatic heterocycles. The van der Waals surface area contributed by atoms with Crippen molar-refractivity contribution < 1.29 is 81.5 Å². The van der Waals surface area contributed by atoms with E-state index in [2.05, 4.69) is 110 Å². The van der Waals surface area contributed by atoms with Crippen LogP contribution in [0.25, 0.3) is 0 Å². The number of hydrogen-bond donors (Lipinski definition) is 17. The number of rotatable bonds is 41. The third-order valence-electron chi connectivity index (χ3n) is 21.3. The van der Waals surface area contributed by atoms with Gasteiger partial charge in [0.2, 0.25) is 52.8 Å². The summed E-state index contributed by atoms with van der Waals surface area (Å²) in [4.78, 5) is 242. The van der Waals surface area contributed by atoms with Crippen molar-refractivity contribution in [1.29, 1.82) is 0 Å². The van der Waals surface area contributed by atoms with Gasteiger partial charge >= 0.3 is 0 Å². The first-order chi connectivity index (χ1) is 66.0. The zero-order valence-corrected chi connectivity index (χ0v) is 78.6. The molecular formula is C88H106N34O17. The van der Waals surface area contributed by atoms with Crippen molar-refractivity contribution in [3.63, 3.8) is 0 Å². The van der Waals surface area contributed by atoms with Crippen molar-refractivity contribution in [3.8, 4) is 0 Å². The molecule has 0 unspecified atom stereocenters. The highest BCUT2D eigenvalue weighted by Gasteiger charge is 2.28. The molecule has 12 heterocycles. The van der Waals surface area contributed by atoms with Crippen molar-refractivity contribution in [2.45, 2.75) is 45.4 Å². The monoisotopic (exact) mass is 1910 g/mol. The summed E-state index contributed by atoms with van der Waals surface area (Å²) in [7, 11) is 22.9. The normalized spacial score (nSPS) is 11.0. The highest BCUT2D eigenvalue weighted by molar-refractivity contribution is 6.12. The lowest BCUT2D eigenvalue weighted by Crippen LogP contribution is -2.32. The van der Waals surface area contributed by atoms with Crippen LogP contribution < -0.4 is 90.4 Å². The minimum absolute atomic E-state index is 0.00583. The molecule has 0 spiro atoms. The zero-order valence-electron chi connectivity index (χ0n) is 78.6. The summed E-state index contributed by atoms with van der Waals surface area (Å²) in [5.74, 6) is -9.00. The second-order valence-electron chi connectivity index (χ2n) is 32.9. The molecule has 0 aliphatic rings. The zero-order chi connectivity index (χ0) is 101. The van der Waals surface area contributed by atoms with E-state index in [1.54, 1.807) is 80.4 Å². The molecule has 0 saturated heterocycles. The van der Waals surface area contributed by atoms with Gasteiger partial charge in [0.25, 0.3) is 70.9 Å². The SMILES string of the molecule is CC(=O)Nc1cn(C)c(C(=O)Nc2cc(C(=O)Nc3cn(C)c(C(=O)NCCC(=O)Nc4cc(C(=O)Nc5cc(C(=O)Nc6cc(C(=O)NCCCC(=O)Nc7cn(C)c(C(=O)Nc8cc(C(=O)Nc9cn(C)c(C(=O)NCCC(=O)Nc%10cc(C(=O)Nc%11cc(C(=O)Nc%12cc(C(=O)NCCC(=O)NCCCN(C)C)n(C)c%12)n(C)c%11)n(C)c%10)n9)n(C)c8)n7)n(C)c6)n(C)c5)n(C)c4)n3)n(C)c2)n1. The van der Waals surface area contributed by atoms with Crippen molar-refractivity contribution in [2.75, 3.05) is 117 Å². The molecule has 12 aromatic rings. The topological polar surface area (TPSA) is 609 Å². The number of hydrogen-bond acceptors (Lipinski definition) is 22. The van der Waals surface area contributed by atoms with Crippen LogP contribution in [0, 0.1) is 0 Å². The van der Waals surface area contributed by atoms with Gasteiger partial charge in [-0.15, -0.1) is 0 Å². The van der Waals surface area contributed by atoms with Crippen LogP contribution in [0.15, 0.2) is 123 Å². The van der Waals surface area contributed by atoms with Crippen LogP contribution in [0.1, 0.15) is 172 Å². The Bertz CT molecular complexity index is 6820. The summed E-state index contributed by atoms with van der Waals surface area (Å²) in [6.07, 6.45) is 18.6. The van der Waals surface area contributed by atoms with Gasteiger partial charge in [-0.2, -0.15) is 0 Å². The Morgan fingerprint density at radius 2 is 0.460 bits per heavy atom. The van der Waals surface area contributed by atoms with Gasteiger partial charge in [-0.3, -0.25) is 81.5 Å². The average Bonchev–Trinajstić information content (AvgIpc) is 1.69. The fourth-order valence-corrected chi connectivity index (χ4v) is 14.5. The average molecular weight is 1910 g/mol. The molecule has 0 aromatic carbocycles. The van der Waals surface area contributed by atoms with Crippen molar-refractivity contribution >= 4 is 169 Å². The van der Waals surface area contributed by atoms with Crippen LogP contribution in [0.2, 0.25) is 0 Å². The highest BCUT2D eigenvalue weighted by Crippen LogP contribution is 2.26. The van der Waals surface area contributed by atoms with Gasteiger partial charge < -0.3 is 150 Å². The Kier molecular flexibility index (Phi) is 31.5. The maximum absolute atomic E-state index is 13.6. The molecule has 0 radical (unpaired) electrons. The lowest BCUT2D eigenvalue weighted by atomic mass is 10.3. The van der Waals surface area contributed by atoms with Crippen LogP contribution in [-0.4, -0.2) is 233 Å². The summed E-state index contributed by atoms with van der Waals surface area (Å²) >= 11 is 0. The van der Waals surface area contributed by atoms with E-state index in [9.17, 15) is 81.5 Å². The summed E-state index contributed by atoms with van der Waals surface area (Å²) in [6.45, 7) is 2.61. The molecule has 730 valence electrons. The summed E-state index contributed by atoms with van der Waals surface area (Å²) in [6, 6.07) is 11.6. The van der Waals surface area contributed by atoms with E-state index in [1.807, 2.05) is 19.0 Å². The Balaban J connectivity index is 0.517. The largest absolute Gasteiger partial charge is 0.356 e. The Morgan fingerprint density at radius 1 is 0.230 bits per heavy atom. The summed E-state index contributed by atoms with van der Waals surface area (Å²) in [5, 5.41) is 45.8. The first-order valence-corrected chi connectivity index (χ1v) is 43.1. The number of nitrogens with zero attached hydrogens (tertiary/aromatic N) is 17. The van der Waals surface area contributed by atoms with E-state index >= 15 is 0 Å². The lowest BCUT2D eigenvalue weighted by Gasteiger charge is -2.10. The number of aryl methyl sites for hydroxylation is 12. The van der Waals surface area contributed by atoms with Crippen LogP contribution in [0.3, 0.4) is 0 Å². The second-order valence-corrected chi connectivity index (χ2v) is 32.9. The number of carbonyl (C=O) groups is 17. The smallest absolute Gasteiger partial charge is 0.291 e. The molecule has 51 nitrogen and oxygen atoms in total. The third-order valence-corrected chi connectivity index (χ3v) is 21.3. The minimum Gasteiger partial charge on any atom is -0.356 e. The molecule has 17 amide bonds. The maximum atomic E-state index is 13.6. The number of aromatic nitrogens is 16. The van der Waals surface area contributed by atoms with Crippen molar-refractivity contribution in [3.05, 3.63) is 192 Å². The number of imidazole rings is 4. The molecule has 12 rings (SSSR count). The Morgan fingerprint density at radius 3 is 0.763 bits per heavy atom. The number of nitrogens with one attached hydrogen (secondary N) is 17. The molecule has 139 heavy (non-hydrogen) atoms. The predicted octanol–water partition coefficient (Wildman–Crippen LogP) is 3.16. The van der Waals surface area contributed by atoms with Gasteiger partial charge in [0, 0.05) is 224 Å². The molecule has 0 fully saturated rings. The second kappa shape index (κ2) is 43.8. The predicted molar refractivity (Wildman–Crippen MR) is 509 cm³/mol. The van der Waals surface area contributed by atoms with Crippen LogP contribution >= 0.6 is 0 Å². The first kappa shape index (κ1) is 100. The van der Waals surface area contributed by atoms with Crippen molar-refractivity contribution in [2.24, 2.45) is 84.6 Å². The molecule has 0 bridgehead atoms.